The predicted octanol–water partition coefficient (Wildman–Crippen LogP) is 4.45. The van der Waals surface area contributed by atoms with Gasteiger partial charge in [0.05, 0.1) is 15.5 Å². The zero-order valence-corrected chi connectivity index (χ0v) is 21.0. The first-order chi connectivity index (χ1) is 17.8. The largest absolute Gasteiger partial charge is 0.456 e. The van der Waals surface area contributed by atoms with Crippen LogP contribution in [-0.4, -0.2) is 65.2 Å². The summed E-state index contributed by atoms with van der Waals surface area (Å²) < 4.78 is 49.9. The molecule has 0 spiro atoms. The first kappa shape index (κ1) is 28.7. The van der Waals surface area contributed by atoms with Crippen molar-refractivity contribution in [2.45, 2.75) is 25.1 Å². The minimum atomic E-state index is -4.64. The van der Waals surface area contributed by atoms with E-state index in [-0.39, 0.29) is 31.0 Å². The topological polar surface area (TPSA) is 126 Å². The summed E-state index contributed by atoms with van der Waals surface area (Å²) in [5.41, 5.74) is -4.40. The van der Waals surface area contributed by atoms with E-state index in [4.69, 9.17) is 21.1 Å². The van der Waals surface area contributed by atoms with Crippen molar-refractivity contribution in [2.75, 3.05) is 33.2 Å². The molecular formula is C24H22ClF3N4O6. The molecule has 1 amide bonds. The van der Waals surface area contributed by atoms with Gasteiger partial charge in [0.15, 0.2) is 0 Å². The molecule has 38 heavy (non-hydrogen) atoms. The number of nitriles is 1. The van der Waals surface area contributed by atoms with E-state index < -0.39 is 50.4 Å². The number of ether oxygens (including phenoxy) is 2. The molecule has 0 N–H and O–H groups in total. The van der Waals surface area contributed by atoms with E-state index in [1.54, 1.807) is 6.07 Å². The van der Waals surface area contributed by atoms with Gasteiger partial charge in [0.2, 0.25) is 11.5 Å². The van der Waals surface area contributed by atoms with Gasteiger partial charge in [-0.25, -0.2) is 0 Å². The molecule has 2 aromatic rings. The summed E-state index contributed by atoms with van der Waals surface area (Å²) in [7, 11) is 1.84. The van der Waals surface area contributed by atoms with Crippen molar-refractivity contribution >= 4 is 29.0 Å². The van der Waals surface area contributed by atoms with E-state index in [9.17, 15) is 38.1 Å². The molecule has 1 unspecified atom stereocenters. The number of amides is 1. The lowest BCUT2D eigenvalue weighted by atomic mass is 9.95. The molecular weight excluding hydrogens is 533 g/mol. The zero-order chi connectivity index (χ0) is 28.3. The number of carbonyl (C=O) groups is 2. The van der Waals surface area contributed by atoms with Gasteiger partial charge in [0.1, 0.15) is 17.6 Å². The standard InChI is InChI=1S/C24H22ClF3N4O6/c1-3-21(33)23(14-29,22(34)31-10-8-30(2)9-11-31)38-20-13-16(5-6-18(20)32(35)36)37-19-7-4-15(12-17(19)25)24(26,27)28/h4-7,12-13H,3,8-11H2,1-2H3. The molecule has 1 aliphatic heterocycles. The van der Waals surface area contributed by atoms with Crippen LogP contribution in [0.15, 0.2) is 36.4 Å². The summed E-state index contributed by atoms with van der Waals surface area (Å²) in [4.78, 5) is 40.4. The predicted molar refractivity (Wildman–Crippen MR) is 128 cm³/mol. The average molecular weight is 555 g/mol. The van der Waals surface area contributed by atoms with Crippen molar-refractivity contribution in [3.8, 4) is 23.3 Å². The number of halogens is 4. The summed E-state index contributed by atoms with van der Waals surface area (Å²) in [6.45, 7) is 2.78. The van der Waals surface area contributed by atoms with E-state index in [1.165, 1.54) is 11.8 Å². The summed E-state index contributed by atoms with van der Waals surface area (Å²) in [6.07, 6.45) is -4.92. The Morgan fingerprint density at radius 1 is 1.13 bits per heavy atom. The Kier molecular flexibility index (Phi) is 8.48. The second-order valence-electron chi connectivity index (χ2n) is 8.40. The van der Waals surface area contributed by atoms with Crippen molar-refractivity contribution in [1.82, 2.24) is 9.80 Å². The maximum absolute atomic E-state index is 13.4. The van der Waals surface area contributed by atoms with E-state index in [1.807, 2.05) is 11.9 Å². The van der Waals surface area contributed by atoms with E-state index >= 15 is 0 Å². The quantitative estimate of drug-likeness (QED) is 0.266. The van der Waals surface area contributed by atoms with E-state index in [0.29, 0.717) is 19.2 Å². The van der Waals surface area contributed by atoms with Crippen LogP contribution in [-0.2, 0) is 15.8 Å². The van der Waals surface area contributed by atoms with Crippen LogP contribution in [0.25, 0.3) is 0 Å². The third-order valence-electron chi connectivity index (χ3n) is 5.84. The zero-order valence-electron chi connectivity index (χ0n) is 20.2. The van der Waals surface area contributed by atoms with Crippen molar-refractivity contribution in [1.29, 1.82) is 5.26 Å². The fourth-order valence-electron chi connectivity index (χ4n) is 3.68. The van der Waals surface area contributed by atoms with Crippen LogP contribution in [0.2, 0.25) is 5.02 Å². The van der Waals surface area contributed by atoms with Gasteiger partial charge in [-0.15, -0.1) is 0 Å². The number of ketones is 1. The number of hydrogen-bond donors (Lipinski definition) is 0. The molecule has 3 rings (SSSR count). The van der Waals surface area contributed by atoms with Gasteiger partial charge in [-0.3, -0.25) is 19.7 Å². The number of nitrogens with zero attached hydrogens (tertiary/aromatic N) is 4. The fraction of sp³-hybridized carbons (Fsp3) is 0.375. The lowest BCUT2D eigenvalue weighted by Crippen LogP contribution is -2.60. The molecule has 0 saturated carbocycles. The number of nitro groups is 1. The summed E-state index contributed by atoms with van der Waals surface area (Å²) >= 11 is 5.93. The first-order valence-corrected chi connectivity index (χ1v) is 11.6. The maximum atomic E-state index is 13.4. The van der Waals surface area contributed by atoms with Crippen LogP contribution >= 0.6 is 11.6 Å². The molecule has 10 nitrogen and oxygen atoms in total. The number of benzene rings is 2. The molecule has 1 saturated heterocycles. The van der Waals surface area contributed by atoms with Crippen LogP contribution in [0.5, 0.6) is 17.2 Å². The third kappa shape index (κ3) is 5.98. The number of rotatable bonds is 8. The second kappa shape index (κ2) is 11.2. The van der Waals surface area contributed by atoms with Crippen LogP contribution < -0.4 is 9.47 Å². The van der Waals surface area contributed by atoms with Crippen LogP contribution in [0, 0.1) is 21.4 Å². The Morgan fingerprint density at radius 3 is 2.32 bits per heavy atom. The Balaban J connectivity index is 2.01. The summed E-state index contributed by atoms with van der Waals surface area (Å²) in [5, 5.41) is 21.3. The highest BCUT2D eigenvalue weighted by Gasteiger charge is 2.51. The maximum Gasteiger partial charge on any atom is 0.416 e. The summed E-state index contributed by atoms with van der Waals surface area (Å²) in [6, 6.07) is 6.99. The molecule has 1 aliphatic rings. The number of carbonyl (C=O) groups excluding carboxylic acids is 2. The van der Waals surface area contributed by atoms with Gasteiger partial charge in [0, 0.05) is 44.7 Å². The highest BCUT2D eigenvalue weighted by Crippen LogP contribution is 2.39. The Morgan fingerprint density at radius 2 is 1.79 bits per heavy atom. The van der Waals surface area contributed by atoms with Crippen molar-refractivity contribution in [3.63, 3.8) is 0 Å². The van der Waals surface area contributed by atoms with Crippen molar-refractivity contribution in [2.24, 2.45) is 0 Å². The highest BCUT2D eigenvalue weighted by atomic mass is 35.5. The first-order valence-electron chi connectivity index (χ1n) is 11.3. The molecule has 0 aromatic heterocycles. The SMILES string of the molecule is CCC(=O)C(C#N)(Oc1cc(Oc2ccc(C(F)(F)F)cc2Cl)ccc1[N+](=O)[O-])C(=O)N1CCN(C)CC1. The van der Waals surface area contributed by atoms with Gasteiger partial charge in [0.25, 0.3) is 5.91 Å². The number of alkyl halides is 3. The minimum absolute atomic E-state index is 0.171. The molecule has 202 valence electrons. The number of piperazine rings is 1. The molecule has 0 bridgehead atoms. The normalized spacial score (nSPS) is 15.8. The highest BCUT2D eigenvalue weighted by molar-refractivity contribution is 6.32. The van der Waals surface area contributed by atoms with Gasteiger partial charge in [-0.05, 0) is 31.3 Å². The molecule has 0 radical (unpaired) electrons. The lowest BCUT2D eigenvalue weighted by Gasteiger charge is -2.36. The lowest BCUT2D eigenvalue weighted by molar-refractivity contribution is -0.386. The molecule has 14 heteroatoms. The smallest absolute Gasteiger partial charge is 0.416 e. The van der Waals surface area contributed by atoms with Gasteiger partial charge in [-0.1, -0.05) is 18.5 Å². The fourth-order valence-corrected chi connectivity index (χ4v) is 3.90. The third-order valence-corrected chi connectivity index (χ3v) is 6.14. The summed E-state index contributed by atoms with van der Waals surface area (Å²) in [5.74, 6) is -2.86. The number of nitro benzene ring substituents is 1. The van der Waals surface area contributed by atoms with E-state index in [0.717, 1.165) is 30.3 Å². The average Bonchev–Trinajstić information content (AvgIpc) is 2.87. The monoisotopic (exact) mass is 554 g/mol. The van der Waals surface area contributed by atoms with Gasteiger partial charge in [-0.2, -0.15) is 18.4 Å². The number of likely N-dealkylation sites (N-methyl/N-ethyl adjacent to an activating group) is 1. The second-order valence-corrected chi connectivity index (χ2v) is 8.81. The molecule has 1 heterocycles. The number of hydrogen-bond acceptors (Lipinski definition) is 8. The Bertz CT molecular complexity index is 1290. The Labute approximate surface area is 220 Å². The van der Waals surface area contributed by atoms with Crippen molar-refractivity contribution in [3.05, 3.63) is 57.1 Å². The minimum Gasteiger partial charge on any atom is -0.456 e. The van der Waals surface area contributed by atoms with E-state index in [2.05, 4.69) is 0 Å². The molecule has 1 fully saturated rings. The van der Waals surface area contributed by atoms with Crippen LogP contribution in [0.3, 0.4) is 0 Å². The number of Topliss-reactive ketones (excluding diaryl/α,β-unsaturated/α-hetero) is 1. The molecule has 1 atom stereocenters. The van der Waals surface area contributed by atoms with Crippen molar-refractivity contribution < 1.29 is 37.2 Å². The van der Waals surface area contributed by atoms with Gasteiger partial charge < -0.3 is 19.3 Å². The van der Waals surface area contributed by atoms with Gasteiger partial charge >= 0.3 is 17.5 Å². The molecule has 0 aliphatic carbocycles. The van der Waals surface area contributed by atoms with Crippen LogP contribution in [0.1, 0.15) is 18.9 Å². The Hall–Kier alpha value is -3.89. The van der Waals surface area contributed by atoms with Crippen LogP contribution in [0.4, 0.5) is 18.9 Å². The molecule has 2 aromatic carbocycles.